The van der Waals surface area contributed by atoms with Crippen LogP contribution in [0.5, 0.6) is 0 Å². The molecule has 13 heteroatoms. The first-order chi connectivity index (χ1) is 16.0. The van der Waals surface area contributed by atoms with E-state index in [1.165, 1.54) is 17.2 Å². The Hall–Kier alpha value is -3.64. The maximum absolute atomic E-state index is 14.7. The van der Waals surface area contributed by atoms with Gasteiger partial charge in [-0.1, -0.05) is 6.07 Å². The Bertz CT molecular complexity index is 1180. The van der Waals surface area contributed by atoms with E-state index in [0.717, 1.165) is 10.5 Å². The molecular formula is C21H20F5N7O. The minimum Gasteiger partial charge on any atom is -0.352 e. The molecule has 2 aromatic heterocycles. The molecule has 1 unspecified atom stereocenters. The van der Waals surface area contributed by atoms with Gasteiger partial charge in [0.2, 0.25) is 5.95 Å². The molecule has 34 heavy (non-hydrogen) atoms. The molecule has 1 N–H and O–H groups in total. The van der Waals surface area contributed by atoms with Crippen LogP contribution in [0.3, 0.4) is 0 Å². The highest BCUT2D eigenvalue weighted by molar-refractivity contribution is 5.99. The van der Waals surface area contributed by atoms with Gasteiger partial charge in [0.25, 0.3) is 11.8 Å². The lowest BCUT2D eigenvalue weighted by molar-refractivity contribution is -0.138. The lowest BCUT2D eigenvalue weighted by Gasteiger charge is -2.29. The molecule has 4 rings (SSSR count). The van der Waals surface area contributed by atoms with Gasteiger partial charge in [-0.25, -0.2) is 18.7 Å². The Morgan fingerprint density at radius 3 is 2.41 bits per heavy atom. The molecule has 1 fully saturated rings. The third kappa shape index (κ3) is 4.54. The summed E-state index contributed by atoms with van der Waals surface area (Å²) in [6.07, 6.45) is -1.18. The molecule has 1 aromatic carbocycles. The van der Waals surface area contributed by atoms with Crippen LogP contribution < -0.4 is 5.32 Å². The van der Waals surface area contributed by atoms with E-state index in [1.807, 2.05) is 6.07 Å². The lowest BCUT2D eigenvalue weighted by Crippen LogP contribution is -2.47. The molecule has 0 saturated carbocycles. The third-order valence-electron chi connectivity index (χ3n) is 5.54. The second-order valence-corrected chi connectivity index (χ2v) is 8.00. The molecule has 1 aliphatic rings. The minimum atomic E-state index is -4.62. The van der Waals surface area contributed by atoms with E-state index in [0.29, 0.717) is 23.6 Å². The third-order valence-corrected chi connectivity index (χ3v) is 5.54. The largest absolute Gasteiger partial charge is 0.419 e. The Balaban J connectivity index is 1.60. The molecule has 0 spiro atoms. The monoisotopic (exact) mass is 481 g/mol. The van der Waals surface area contributed by atoms with E-state index >= 15 is 0 Å². The predicted octanol–water partition coefficient (Wildman–Crippen LogP) is 3.65. The van der Waals surface area contributed by atoms with Gasteiger partial charge in [-0.2, -0.15) is 28.2 Å². The van der Waals surface area contributed by atoms with E-state index in [4.69, 9.17) is 0 Å². The zero-order chi connectivity index (χ0) is 24.7. The number of benzene rings is 1. The van der Waals surface area contributed by atoms with Crippen molar-refractivity contribution in [2.24, 2.45) is 0 Å². The summed E-state index contributed by atoms with van der Waals surface area (Å²) in [6, 6.07) is 1.85. The first-order valence-electron chi connectivity index (χ1n) is 10.3. The fourth-order valence-electron chi connectivity index (χ4n) is 3.95. The van der Waals surface area contributed by atoms with Gasteiger partial charge in [0, 0.05) is 31.9 Å². The summed E-state index contributed by atoms with van der Waals surface area (Å²) >= 11 is 0. The zero-order valence-electron chi connectivity index (χ0n) is 18.1. The number of likely N-dealkylation sites (tertiary alicyclic amines) is 1. The van der Waals surface area contributed by atoms with E-state index in [2.05, 4.69) is 25.5 Å². The number of aryl methyl sites for hydroxylation is 2. The van der Waals surface area contributed by atoms with Gasteiger partial charge in [-0.3, -0.25) is 4.79 Å². The first kappa shape index (κ1) is 23.5. The molecule has 0 bridgehead atoms. The van der Waals surface area contributed by atoms with E-state index < -0.39 is 42.6 Å². The van der Waals surface area contributed by atoms with E-state index in [9.17, 15) is 26.7 Å². The van der Waals surface area contributed by atoms with Crippen molar-refractivity contribution in [3.63, 3.8) is 0 Å². The lowest BCUT2D eigenvalue weighted by atomic mass is 10.0. The van der Waals surface area contributed by atoms with Crippen LogP contribution in [0.15, 0.2) is 36.9 Å². The predicted molar refractivity (Wildman–Crippen MR) is 111 cm³/mol. The fourth-order valence-corrected chi connectivity index (χ4v) is 3.95. The van der Waals surface area contributed by atoms with Crippen molar-refractivity contribution in [1.29, 1.82) is 0 Å². The average Bonchev–Trinajstić information content (AvgIpc) is 3.38. The van der Waals surface area contributed by atoms with Crippen molar-refractivity contribution >= 4 is 11.9 Å². The molecule has 0 aliphatic carbocycles. The van der Waals surface area contributed by atoms with Crippen molar-refractivity contribution in [2.75, 3.05) is 18.4 Å². The highest BCUT2D eigenvalue weighted by atomic mass is 19.4. The first-order valence-corrected chi connectivity index (χ1v) is 10.3. The number of nitrogens with one attached hydrogen (secondary N) is 1. The number of nitrogens with zero attached hydrogens (tertiary/aromatic N) is 6. The van der Waals surface area contributed by atoms with Gasteiger partial charge >= 0.3 is 6.18 Å². The molecule has 8 nitrogen and oxygen atoms in total. The zero-order valence-corrected chi connectivity index (χ0v) is 18.1. The van der Waals surface area contributed by atoms with Gasteiger partial charge in [0.1, 0.15) is 11.7 Å². The van der Waals surface area contributed by atoms with Crippen molar-refractivity contribution < 1.29 is 26.7 Å². The van der Waals surface area contributed by atoms with E-state index in [1.54, 1.807) is 19.9 Å². The number of hydrogen-bond acceptors (Lipinski definition) is 6. The van der Waals surface area contributed by atoms with Crippen LogP contribution in [-0.4, -0.2) is 60.8 Å². The second kappa shape index (κ2) is 8.61. The molecule has 3 aromatic rings. The van der Waals surface area contributed by atoms with Gasteiger partial charge in [-0.15, -0.1) is 0 Å². The summed E-state index contributed by atoms with van der Waals surface area (Å²) < 4.78 is 67.5. The highest BCUT2D eigenvalue weighted by Crippen LogP contribution is 2.36. The van der Waals surface area contributed by atoms with Crippen molar-refractivity contribution in [2.45, 2.75) is 38.4 Å². The Morgan fingerprint density at radius 2 is 1.79 bits per heavy atom. The molecule has 1 atom stereocenters. The summed E-state index contributed by atoms with van der Waals surface area (Å²) in [5.41, 5.74) is 0.945. The molecule has 0 radical (unpaired) electrons. The molecule has 180 valence electrons. The molecule has 3 heterocycles. The fraction of sp³-hybridized carbons (Fsp3) is 0.381. The number of carbonyl (C=O) groups is 1. The van der Waals surface area contributed by atoms with Crippen LogP contribution >= 0.6 is 0 Å². The molecule has 1 amide bonds. The van der Waals surface area contributed by atoms with Crippen LogP contribution in [0.4, 0.5) is 27.9 Å². The summed E-state index contributed by atoms with van der Waals surface area (Å²) in [5, 5.41) is 10.7. The van der Waals surface area contributed by atoms with Gasteiger partial charge in [-0.05, 0) is 31.0 Å². The topological polar surface area (TPSA) is 88.8 Å². The normalized spacial score (nSPS) is 17.7. The molecular weight excluding hydrogens is 461 g/mol. The maximum atomic E-state index is 14.7. The van der Waals surface area contributed by atoms with Crippen LogP contribution in [0.25, 0.3) is 5.69 Å². The average molecular weight is 481 g/mol. The number of halogens is 5. The highest BCUT2D eigenvalue weighted by Gasteiger charge is 2.51. The van der Waals surface area contributed by atoms with Crippen LogP contribution in [0, 0.1) is 13.8 Å². The van der Waals surface area contributed by atoms with Gasteiger partial charge in [0.15, 0.2) is 0 Å². The number of aromatic nitrogens is 5. The Labute approximate surface area is 190 Å². The van der Waals surface area contributed by atoms with Crippen molar-refractivity contribution in [3.8, 4) is 5.69 Å². The summed E-state index contributed by atoms with van der Waals surface area (Å²) in [6.45, 7) is 2.89. The number of alkyl halides is 5. The number of carbonyl (C=O) groups excluding carboxylic acids is 1. The molecule has 1 saturated heterocycles. The van der Waals surface area contributed by atoms with Crippen molar-refractivity contribution in [1.82, 2.24) is 29.9 Å². The van der Waals surface area contributed by atoms with Crippen LogP contribution in [0.1, 0.15) is 33.5 Å². The molecule has 1 aliphatic heterocycles. The Morgan fingerprint density at radius 1 is 1.15 bits per heavy atom. The second-order valence-electron chi connectivity index (χ2n) is 8.00. The van der Waals surface area contributed by atoms with Gasteiger partial charge < -0.3 is 10.2 Å². The minimum absolute atomic E-state index is 0.169. The number of hydrogen-bond donors (Lipinski definition) is 1. The van der Waals surface area contributed by atoms with E-state index in [-0.39, 0.29) is 18.1 Å². The number of amides is 1. The smallest absolute Gasteiger partial charge is 0.352 e. The van der Waals surface area contributed by atoms with Crippen molar-refractivity contribution in [3.05, 3.63) is 59.2 Å². The maximum Gasteiger partial charge on any atom is 0.419 e. The standard InChI is InChI=1S/C21H20F5N7O/c1-12-7-13(2)17(33-30-4-5-31-33)15(8-12)18(34)32-6-3-20(22,23)16(32)11-29-19-27-9-14(10-28-19)21(24,25)26/h4-5,7-10,16H,3,6,11H2,1-2H3,(H,27,28,29). The van der Waals surface area contributed by atoms with Crippen LogP contribution in [-0.2, 0) is 6.18 Å². The Kier molecular flexibility index (Phi) is 5.96. The van der Waals surface area contributed by atoms with Crippen LogP contribution in [0.2, 0.25) is 0 Å². The number of rotatable bonds is 5. The van der Waals surface area contributed by atoms with Gasteiger partial charge in [0.05, 0.1) is 23.5 Å². The summed E-state index contributed by atoms with van der Waals surface area (Å²) in [7, 11) is 0. The summed E-state index contributed by atoms with van der Waals surface area (Å²) in [4.78, 5) is 22.9. The quantitative estimate of drug-likeness (QED) is 0.560. The summed E-state index contributed by atoms with van der Waals surface area (Å²) in [5.74, 6) is -4.11. The number of anilines is 1. The SMILES string of the molecule is Cc1cc(C)c(-n2nccn2)c(C(=O)N2CCC(F)(F)C2CNc2ncc(C(F)(F)F)cn2)c1.